The summed E-state index contributed by atoms with van der Waals surface area (Å²) in [6.07, 6.45) is 3.73. The van der Waals surface area contributed by atoms with Crippen LogP contribution in [0.15, 0.2) is 0 Å². The number of carbonyl (C=O) groups is 2. The molecule has 1 saturated carbocycles. The molecule has 1 aliphatic heterocycles. The molecule has 1 aliphatic carbocycles. The summed E-state index contributed by atoms with van der Waals surface area (Å²) < 4.78 is 0. The largest absolute Gasteiger partial charge is 0.355 e. The lowest BCUT2D eigenvalue weighted by Gasteiger charge is -2.38. The fourth-order valence-corrected chi connectivity index (χ4v) is 2.82. The molecule has 2 amide bonds. The van der Waals surface area contributed by atoms with Crippen molar-refractivity contribution in [2.24, 2.45) is 11.7 Å². The van der Waals surface area contributed by atoms with E-state index in [9.17, 15) is 9.59 Å². The minimum absolute atomic E-state index is 0. The van der Waals surface area contributed by atoms with Gasteiger partial charge in [-0.15, -0.1) is 24.8 Å². The third-order valence-corrected chi connectivity index (χ3v) is 4.40. The predicted octanol–water partition coefficient (Wildman–Crippen LogP) is 0.628. The molecular weight excluding hydrogens is 339 g/mol. The lowest BCUT2D eigenvalue weighted by atomic mass is 9.84. The Morgan fingerprint density at radius 2 is 1.78 bits per heavy atom. The van der Waals surface area contributed by atoms with Gasteiger partial charge in [-0.2, -0.15) is 0 Å². The quantitative estimate of drug-likeness (QED) is 0.720. The van der Waals surface area contributed by atoms with Gasteiger partial charge >= 0.3 is 0 Å². The van der Waals surface area contributed by atoms with Crippen LogP contribution in [0.4, 0.5) is 0 Å². The summed E-state index contributed by atoms with van der Waals surface area (Å²) >= 11 is 0. The fraction of sp³-hybridized carbons (Fsp3) is 0.867. The number of hydrogen-bond donors (Lipinski definition) is 2. The maximum Gasteiger partial charge on any atom is 0.225 e. The third kappa shape index (κ3) is 7.25. The number of halogens is 2. The fourth-order valence-electron chi connectivity index (χ4n) is 2.82. The molecule has 2 rings (SSSR count). The molecule has 1 saturated heterocycles. The Bertz CT molecular complexity index is 370. The van der Waals surface area contributed by atoms with Gasteiger partial charge in [0.15, 0.2) is 0 Å². The Morgan fingerprint density at radius 3 is 2.26 bits per heavy atom. The second-order valence-electron chi connectivity index (χ2n) is 6.33. The van der Waals surface area contributed by atoms with Gasteiger partial charge in [-0.05, 0) is 19.8 Å². The van der Waals surface area contributed by atoms with Gasteiger partial charge in [0.25, 0.3) is 0 Å². The molecule has 8 heteroatoms. The second kappa shape index (κ2) is 11.1. The first kappa shape index (κ1) is 22.4. The van der Waals surface area contributed by atoms with E-state index in [-0.39, 0.29) is 36.8 Å². The zero-order chi connectivity index (χ0) is 15.2. The van der Waals surface area contributed by atoms with E-state index in [1.165, 1.54) is 6.42 Å². The average molecular weight is 369 g/mol. The van der Waals surface area contributed by atoms with Crippen molar-refractivity contribution < 1.29 is 9.59 Å². The van der Waals surface area contributed by atoms with Gasteiger partial charge in [-0.1, -0.05) is 6.42 Å². The maximum atomic E-state index is 12.1. The van der Waals surface area contributed by atoms with Crippen molar-refractivity contribution in [1.82, 2.24) is 15.1 Å². The molecule has 2 fully saturated rings. The molecule has 2 aliphatic rings. The van der Waals surface area contributed by atoms with Crippen LogP contribution in [0, 0.1) is 5.92 Å². The maximum absolute atomic E-state index is 12.1. The minimum Gasteiger partial charge on any atom is -0.355 e. The zero-order valence-corrected chi connectivity index (χ0v) is 15.5. The molecule has 0 aromatic carbocycles. The van der Waals surface area contributed by atoms with E-state index in [1.54, 1.807) is 0 Å². The molecule has 1 heterocycles. The number of carbonyl (C=O) groups excluding carboxylic acids is 2. The Hall–Kier alpha value is -0.560. The van der Waals surface area contributed by atoms with Crippen LogP contribution in [0.2, 0.25) is 0 Å². The molecule has 23 heavy (non-hydrogen) atoms. The van der Waals surface area contributed by atoms with E-state index in [0.717, 1.165) is 45.6 Å². The first-order valence-corrected chi connectivity index (χ1v) is 8.09. The SMILES string of the molecule is CC(N)CC(=O)NCCN1CCN(C(=O)C2CCC2)CC1.Cl.Cl. The Labute approximate surface area is 151 Å². The smallest absolute Gasteiger partial charge is 0.225 e. The van der Waals surface area contributed by atoms with Gasteiger partial charge in [-0.3, -0.25) is 14.5 Å². The lowest BCUT2D eigenvalue weighted by Crippen LogP contribution is -2.52. The van der Waals surface area contributed by atoms with Crippen LogP contribution in [0.5, 0.6) is 0 Å². The standard InChI is InChI=1S/C15H28N4O2.2ClH/c1-12(16)11-14(20)17-5-6-18-7-9-19(10-8-18)15(21)13-3-2-4-13;;/h12-13H,2-11,16H2,1H3,(H,17,20);2*1H. The van der Waals surface area contributed by atoms with Crippen LogP contribution < -0.4 is 11.1 Å². The van der Waals surface area contributed by atoms with Crippen LogP contribution >= 0.6 is 24.8 Å². The monoisotopic (exact) mass is 368 g/mol. The highest BCUT2D eigenvalue weighted by Crippen LogP contribution is 2.28. The molecule has 1 unspecified atom stereocenters. The highest BCUT2D eigenvalue weighted by atomic mass is 35.5. The van der Waals surface area contributed by atoms with E-state index >= 15 is 0 Å². The number of piperazine rings is 1. The summed E-state index contributed by atoms with van der Waals surface area (Å²) in [5.41, 5.74) is 5.58. The van der Waals surface area contributed by atoms with Crippen molar-refractivity contribution in [2.75, 3.05) is 39.3 Å². The van der Waals surface area contributed by atoms with Gasteiger partial charge in [0.05, 0.1) is 0 Å². The molecular formula is C15H30Cl2N4O2. The van der Waals surface area contributed by atoms with Gasteiger partial charge < -0.3 is 16.0 Å². The number of rotatable bonds is 6. The van der Waals surface area contributed by atoms with E-state index in [2.05, 4.69) is 10.2 Å². The summed E-state index contributed by atoms with van der Waals surface area (Å²) in [6, 6.07) is -0.0916. The van der Waals surface area contributed by atoms with Crippen molar-refractivity contribution in [1.29, 1.82) is 0 Å². The van der Waals surface area contributed by atoms with Crippen molar-refractivity contribution in [3.05, 3.63) is 0 Å². The van der Waals surface area contributed by atoms with Gasteiger partial charge in [0.1, 0.15) is 0 Å². The van der Waals surface area contributed by atoms with E-state index in [0.29, 0.717) is 24.8 Å². The second-order valence-corrected chi connectivity index (χ2v) is 6.33. The Morgan fingerprint density at radius 1 is 1.17 bits per heavy atom. The van der Waals surface area contributed by atoms with Crippen molar-refractivity contribution in [3.8, 4) is 0 Å². The summed E-state index contributed by atoms with van der Waals surface area (Å²) in [5.74, 6) is 0.670. The van der Waals surface area contributed by atoms with Gasteiger partial charge in [0, 0.05) is 57.6 Å². The molecule has 0 bridgehead atoms. The lowest BCUT2D eigenvalue weighted by molar-refractivity contribution is -0.139. The van der Waals surface area contributed by atoms with Crippen LogP contribution in [-0.4, -0.2) is 66.9 Å². The number of amides is 2. The summed E-state index contributed by atoms with van der Waals surface area (Å²) in [7, 11) is 0. The van der Waals surface area contributed by atoms with Gasteiger partial charge in [0.2, 0.25) is 11.8 Å². The van der Waals surface area contributed by atoms with E-state index in [4.69, 9.17) is 5.73 Å². The topological polar surface area (TPSA) is 78.7 Å². The number of nitrogens with two attached hydrogens (primary N) is 1. The summed E-state index contributed by atoms with van der Waals surface area (Å²) in [5, 5.41) is 2.89. The van der Waals surface area contributed by atoms with E-state index in [1.807, 2.05) is 11.8 Å². The molecule has 136 valence electrons. The van der Waals surface area contributed by atoms with Crippen LogP contribution in [0.1, 0.15) is 32.6 Å². The Balaban J connectivity index is 0.00000242. The first-order valence-electron chi connectivity index (χ1n) is 8.09. The van der Waals surface area contributed by atoms with Crippen molar-refractivity contribution >= 4 is 36.6 Å². The molecule has 0 aromatic heterocycles. The molecule has 6 nitrogen and oxygen atoms in total. The third-order valence-electron chi connectivity index (χ3n) is 4.40. The predicted molar refractivity (Wildman–Crippen MR) is 96.1 cm³/mol. The van der Waals surface area contributed by atoms with Crippen molar-refractivity contribution in [2.45, 2.75) is 38.6 Å². The number of nitrogens with zero attached hydrogens (tertiary/aromatic N) is 2. The minimum atomic E-state index is -0.0916. The average Bonchev–Trinajstić information content (AvgIpc) is 2.36. The molecule has 1 atom stereocenters. The van der Waals surface area contributed by atoms with Crippen molar-refractivity contribution in [3.63, 3.8) is 0 Å². The summed E-state index contributed by atoms with van der Waals surface area (Å²) in [6.45, 7) is 6.78. The van der Waals surface area contributed by atoms with E-state index < -0.39 is 0 Å². The molecule has 3 N–H and O–H groups in total. The first-order chi connectivity index (χ1) is 10.1. The molecule has 0 radical (unpaired) electrons. The summed E-state index contributed by atoms with van der Waals surface area (Å²) in [4.78, 5) is 27.9. The van der Waals surface area contributed by atoms with Crippen LogP contribution in [0.25, 0.3) is 0 Å². The number of nitrogens with one attached hydrogen (secondary N) is 1. The van der Waals surface area contributed by atoms with Crippen LogP contribution in [0.3, 0.4) is 0 Å². The van der Waals surface area contributed by atoms with Gasteiger partial charge in [-0.25, -0.2) is 0 Å². The normalized spacial score (nSPS) is 19.8. The zero-order valence-electron chi connectivity index (χ0n) is 13.8. The number of hydrogen-bond acceptors (Lipinski definition) is 4. The highest BCUT2D eigenvalue weighted by Gasteiger charge is 2.30. The molecule has 0 aromatic rings. The highest BCUT2D eigenvalue weighted by molar-refractivity contribution is 5.85. The molecule has 0 spiro atoms. The van der Waals surface area contributed by atoms with Crippen LogP contribution in [-0.2, 0) is 9.59 Å². The Kier molecular flexibility index (Phi) is 10.8.